The van der Waals surface area contributed by atoms with E-state index in [0.29, 0.717) is 15.4 Å². The van der Waals surface area contributed by atoms with Crippen LogP contribution in [0.3, 0.4) is 0 Å². The highest BCUT2D eigenvalue weighted by Crippen LogP contribution is 2.29. The number of carbonyl (C=O) groups excluding carboxylic acids is 2. The van der Waals surface area contributed by atoms with Gasteiger partial charge in [-0.1, -0.05) is 48.5 Å². The molecule has 0 saturated carbocycles. The number of amides is 3. The molecule has 1 fully saturated rings. The standard InChI is InChI=1S/C22H15N3O4S/c26-21-14-24(18-11-17-7-3-4-8-20(17)23-13-18)22(27)25(21)30(28,29)19-10-9-15-5-1-2-6-16(15)12-19/h1-13H,14H2. The van der Waals surface area contributed by atoms with E-state index in [-0.39, 0.29) is 11.4 Å². The van der Waals surface area contributed by atoms with E-state index in [1.54, 1.807) is 24.3 Å². The number of carbonyl (C=O) groups is 2. The van der Waals surface area contributed by atoms with Gasteiger partial charge in [-0.2, -0.15) is 0 Å². The first-order chi connectivity index (χ1) is 14.4. The second kappa shape index (κ2) is 6.64. The van der Waals surface area contributed by atoms with E-state index in [4.69, 9.17) is 0 Å². The Morgan fingerprint density at radius 1 is 0.800 bits per heavy atom. The Kier molecular flexibility index (Phi) is 4.04. The number of nitrogens with zero attached hydrogens (tertiary/aromatic N) is 3. The van der Waals surface area contributed by atoms with Gasteiger partial charge in [0, 0.05) is 5.39 Å². The zero-order valence-corrected chi connectivity index (χ0v) is 16.4. The molecule has 8 heteroatoms. The molecule has 1 aromatic heterocycles. The molecule has 5 rings (SSSR count). The zero-order valence-electron chi connectivity index (χ0n) is 15.6. The van der Waals surface area contributed by atoms with Gasteiger partial charge in [0.05, 0.1) is 22.3 Å². The quantitative estimate of drug-likeness (QED) is 0.476. The molecule has 0 radical (unpaired) electrons. The minimum atomic E-state index is -4.34. The highest BCUT2D eigenvalue weighted by atomic mass is 32.2. The predicted octanol–water partition coefficient (Wildman–Crippen LogP) is 3.55. The average Bonchev–Trinajstić information content (AvgIpc) is 3.07. The predicted molar refractivity (Wildman–Crippen MR) is 112 cm³/mol. The van der Waals surface area contributed by atoms with Gasteiger partial charge in [-0.25, -0.2) is 13.2 Å². The van der Waals surface area contributed by atoms with Crippen LogP contribution in [-0.4, -0.2) is 36.2 Å². The summed E-state index contributed by atoms with van der Waals surface area (Å²) in [5, 5.41) is 2.35. The molecule has 3 aromatic carbocycles. The normalized spacial score (nSPS) is 14.8. The molecule has 0 spiro atoms. The molecule has 0 aliphatic carbocycles. The molecule has 30 heavy (non-hydrogen) atoms. The number of imide groups is 1. The van der Waals surface area contributed by atoms with Crippen molar-refractivity contribution < 1.29 is 18.0 Å². The first-order valence-electron chi connectivity index (χ1n) is 9.18. The van der Waals surface area contributed by atoms with Crippen LogP contribution >= 0.6 is 0 Å². The van der Waals surface area contributed by atoms with Gasteiger partial charge < -0.3 is 0 Å². The summed E-state index contributed by atoms with van der Waals surface area (Å²) in [5.41, 5.74) is 1.10. The first kappa shape index (κ1) is 18.3. The molecule has 3 amide bonds. The van der Waals surface area contributed by atoms with E-state index < -0.39 is 22.0 Å². The highest BCUT2D eigenvalue weighted by Gasteiger charge is 2.45. The number of hydrogen-bond acceptors (Lipinski definition) is 5. The van der Waals surface area contributed by atoms with Gasteiger partial charge in [-0.3, -0.25) is 14.7 Å². The molecule has 7 nitrogen and oxygen atoms in total. The Bertz CT molecular complexity index is 1450. The Hall–Kier alpha value is -3.78. The van der Waals surface area contributed by atoms with Crippen molar-refractivity contribution in [3.05, 3.63) is 79.0 Å². The molecule has 0 N–H and O–H groups in total. The third kappa shape index (κ3) is 2.81. The summed E-state index contributed by atoms with van der Waals surface area (Å²) in [6.45, 7) is -0.369. The van der Waals surface area contributed by atoms with Gasteiger partial charge in [0.2, 0.25) is 0 Å². The van der Waals surface area contributed by atoms with Crippen LogP contribution in [0.5, 0.6) is 0 Å². The second-order valence-electron chi connectivity index (χ2n) is 6.93. The molecule has 0 unspecified atom stereocenters. The number of benzene rings is 3. The Labute approximate surface area is 172 Å². The van der Waals surface area contributed by atoms with Crippen LogP contribution in [0.25, 0.3) is 21.7 Å². The van der Waals surface area contributed by atoms with Gasteiger partial charge in [-0.05, 0) is 35.0 Å². The van der Waals surface area contributed by atoms with Crippen LogP contribution in [0, 0.1) is 0 Å². The van der Waals surface area contributed by atoms with Crippen molar-refractivity contribution in [3.63, 3.8) is 0 Å². The lowest BCUT2D eigenvalue weighted by atomic mass is 10.1. The number of anilines is 1. The van der Waals surface area contributed by atoms with Crippen molar-refractivity contribution >= 4 is 49.3 Å². The number of para-hydroxylation sites is 1. The summed E-state index contributed by atoms with van der Waals surface area (Å²) in [5.74, 6) is -0.804. The minimum Gasteiger partial charge on any atom is -0.282 e. The summed E-state index contributed by atoms with van der Waals surface area (Å²) in [4.78, 5) is 30.8. The van der Waals surface area contributed by atoms with Crippen LogP contribution in [0.4, 0.5) is 10.5 Å². The molecule has 4 aromatic rings. The third-order valence-electron chi connectivity index (χ3n) is 5.07. The SMILES string of the molecule is O=C1CN(c2cnc3ccccc3c2)C(=O)N1S(=O)(=O)c1ccc2ccccc2c1. The van der Waals surface area contributed by atoms with Gasteiger partial charge in [0.25, 0.3) is 15.9 Å². The maximum absolute atomic E-state index is 13.1. The molecular weight excluding hydrogens is 402 g/mol. The fourth-order valence-corrected chi connectivity index (χ4v) is 4.92. The maximum atomic E-state index is 13.1. The van der Waals surface area contributed by atoms with Crippen molar-refractivity contribution in [3.8, 4) is 0 Å². The fraction of sp³-hybridized carbons (Fsp3) is 0.0455. The summed E-state index contributed by atoms with van der Waals surface area (Å²) in [6, 6.07) is 19.9. The average molecular weight is 417 g/mol. The maximum Gasteiger partial charge on any atom is 0.346 e. The fourth-order valence-electron chi connectivity index (χ4n) is 3.56. The second-order valence-corrected chi connectivity index (χ2v) is 8.71. The van der Waals surface area contributed by atoms with Crippen LogP contribution < -0.4 is 4.90 Å². The lowest BCUT2D eigenvalue weighted by molar-refractivity contribution is -0.121. The van der Waals surface area contributed by atoms with E-state index >= 15 is 0 Å². The first-order valence-corrected chi connectivity index (χ1v) is 10.6. The minimum absolute atomic E-state index is 0.110. The number of pyridine rings is 1. The van der Waals surface area contributed by atoms with E-state index in [0.717, 1.165) is 21.2 Å². The van der Waals surface area contributed by atoms with Crippen LogP contribution in [0.1, 0.15) is 0 Å². The number of sulfonamides is 1. The number of aromatic nitrogens is 1. The summed E-state index contributed by atoms with van der Waals surface area (Å²) >= 11 is 0. The molecular formula is C22H15N3O4S. The van der Waals surface area contributed by atoms with Crippen molar-refractivity contribution in [2.24, 2.45) is 0 Å². The largest absolute Gasteiger partial charge is 0.346 e. The van der Waals surface area contributed by atoms with E-state index in [9.17, 15) is 18.0 Å². The molecule has 1 aliphatic heterocycles. The Morgan fingerprint density at radius 2 is 1.50 bits per heavy atom. The van der Waals surface area contributed by atoms with Gasteiger partial charge in [0.15, 0.2) is 0 Å². The van der Waals surface area contributed by atoms with E-state index in [1.165, 1.54) is 18.3 Å². The van der Waals surface area contributed by atoms with Crippen LogP contribution in [0.2, 0.25) is 0 Å². The topological polar surface area (TPSA) is 87.7 Å². The van der Waals surface area contributed by atoms with E-state index in [2.05, 4.69) is 4.98 Å². The monoisotopic (exact) mass is 417 g/mol. The van der Waals surface area contributed by atoms with Crippen LogP contribution in [0.15, 0.2) is 83.9 Å². The lowest BCUT2D eigenvalue weighted by Gasteiger charge is -2.17. The van der Waals surface area contributed by atoms with Crippen molar-refractivity contribution in [2.45, 2.75) is 4.90 Å². The smallest absolute Gasteiger partial charge is 0.282 e. The summed E-state index contributed by atoms with van der Waals surface area (Å²) in [7, 11) is -4.34. The van der Waals surface area contributed by atoms with Gasteiger partial charge in [0.1, 0.15) is 6.54 Å². The highest BCUT2D eigenvalue weighted by molar-refractivity contribution is 7.90. The molecule has 1 aliphatic rings. The lowest BCUT2D eigenvalue weighted by Crippen LogP contribution is -2.38. The van der Waals surface area contributed by atoms with Gasteiger partial charge in [-0.15, -0.1) is 4.31 Å². The Morgan fingerprint density at radius 3 is 2.30 bits per heavy atom. The van der Waals surface area contributed by atoms with Crippen molar-refractivity contribution in [1.29, 1.82) is 0 Å². The molecule has 148 valence electrons. The van der Waals surface area contributed by atoms with Crippen molar-refractivity contribution in [1.82, 2.24) is 9.29 Å². The number of fused-ring (bicyclic) bond motifs is 2. The van der Waals surface area contributed by atoms with Crippen LogP contribution in [-0.2, 0) is 14.8 Å². The molecule has 0 bridgehead atoms. The van der Waals surface area contributed by atoms with Gasteiger partial charge >= 0.3 is 6.03 Å². The van der Waals surface area contributed by atoms with E-state index in [1.807, 2.05) is 36.4 Å². The summed E-state index contributed by atoms with van der Waals surface area (Å²) in [6.07, 6.45) is 1.46. The third-order valence-corrected chi connectivity index (χ3v) is 6.76. The number of urea groups is 1. The molecule has 1 saturated heterocycles. The molecule has 0 atom stereocenters. The zero-order chi connectivity index (χ0) is 20.9. The summed E-state index contributed by atoms with van der Waals surface area (Å²) < 4.78 is 26.6. The number of rotatable bonds is 3. The number of hydrogen-bond donors (Lipinski definition) is 0. The molecule has 2 heterocycles. The van der Waals surface area contributed by atoms with Crippen molar-refractivity contribution in [2.75, 3.05) is 11.4 Å². The Balaban J connectivity index is 1.53.